The fraction of sp³-hybridized carbons (Fsp3) is 0.556. The van der Waals surface area contributed by atoms with Crippen molar-refractivity contribution >= 4 is 11.8 Å². The van der Waals surface area contributed by atoms with Crippen LogP contribution in [0.25, 0.3) is 0 Å². The number of rotatable bonds is 5. The van der Waals surface area contributed by atoms with Crippen LogP contribution in [-0.4, -0.2) is 55.3 Å². The molecule has 1 saturated heterocycles. The number of carbonyl (C=O) groups excluding carboxylic acids is 2. The van der Waals surface area contributed by atoms with Crippen molar-refractivity contribution in [2.75, 3.05) is 33.7 Å². The Morgan fingerprint density at radius 2 is 1.87 bits per heavy atom. The van der Waals surface area contributed by atoms with Gasteiger partial charge in [0.25, 0.3) is 0 Å². The van der Waals surface area contributed by atoms with Gasteiger partial charge in [0.2, 0.25) is 11.8 Å². The van der Waals surface area contributed by atoms with Gasteiger partial charge in [-0.15, -0.1) is 0 Å². The first kappa shape index (κ1) is 17.5. The van der Waals surface area contributed by atoms with Gasteiger partial charge >= 0.3 is 0 Å². The highest BCUT2D eigenvalue weighted by Gasteiger charge is 2.26. The lowest BCUT2D eigenvalue weighted by Crippen LogP contribution is -2.44. The Balaban J connectivity index is 1.73. The van der Waals surface area contributed by atoms with Crippen LogP contribution in [0.4, 0.5) is 0 Å². The highest BCUT2D eigenvalue weighted by Crippen LogP contribution is 2.18. The van der Waals surface area contributed by atoms with Crippen molar-refractivity contribution in [1.82, 2.24) is 15.1 Å². The van der Waals surface area contributed by atoms with Crippen LogP contribution in [0.3, 0.4) is 0 Å². The SMILES string of the molecule is Cc1ccccc1CNC(=O)CN1CCC(C(=O)N(C)C)CC1. The number of hydrogen-bond donors (Lipinski definition) is 1. The van der Waals surface area contributed by atoms with Crippen molar-refractivity contribution in [2.45, 2.75) is 26.3 Å². The molecule has 0 spiro atoms. The third-order valence-corrected chi connectivity index (χ3v) is 4.48. The number of amides is 2. The normalized spacial score (nSPS) is 16.1. The highest BCUT2D eigenvalue weighted by molar-refractivity contribution is 5.79. The average molecular weight is 317 g/mol. The van der Waals surface area contributed by atoms with Crippen molar-refractivity contribution in [2.24, 2.45) is 5.92 Å². The lowest BCUT2D eigenvalue weighted by molar-refractivity contribution is -0.134. The van der Waals surface area contributed by atoms with Gasteiger partial charge in [-0.05, 0) is 44.0 Å². The molecule has 1 N–H and O–H groups in total. The zero-order chi connectivity index (χ0) is 16.8. The molecule has 1 aliphatic rings. The number of likely N-dealkylation sites (tertiary alicyclic amines) is 1. The number of nitrogens with one attached hydrogen (secondary N) is 1. The summed E-state index contributed by atoms with van der Waals surface area (Å²) in [5.41, 5.74) is 2.34. The molecule has 5 heteroatoms. The molecule has 0 atom stereocenters. The summed E-state index contributed by atoms with van der Waals surface area (Å²) >= 11 is 0. The Hall–Kier alpha value is -1.88. The van der Waals surface area contributed by atoms with Gasteiger partial charge in [0.1, 0.15) is 0 Å². The number of piperidine rings is 1. The molecule has 126 valence electrons. The summed E-state index contributed by atoms with van der Waals surface area (Å²) in [6, 6.07) is 8.07. The second-order valence-corrected chi connectivity index (χ2v) is 6.49. The zero-order valence-electron chi connectivity index (χ0n) is 14.3. The molecular weight excluding hydrogens is 290 g/mol. The molecule has 1 aromatic carbocycles. The molecule has 2 rings (SSSR count). The van der Waals surface area contributed by atoms with E-state index in [-0.39, 0.29) is 17.7 Å². The van der Waals surface area contributed by atoms with Crippen molar-refractivity contribution in [1.29, 1.82) is 0 Å². The molecular formula is C18H27N3O2. The van der Waals surface area contributed by atoms with Gasteiger partial charge in [-0.25, -0.2) is 0 Å². The number of hydrogen-bond acceptors (Lipinski definition) is 3. The molecule has 23 heavy (non-hydrogen) atoms. The molecule has 1 aromatic rings. The third-order valence-electron chi connectivity index (χ3n) is 4.48. The fourth-order valence-corrected chi connectivity index (χ4v) is 2.96. The van der Waals surface area contributed by atoms with Crippen LogP contribution < -0.4 is 5.32 Å². The fourth-order valence-electron chi connectivity index (χ4n) is 2.96. The van der Waals surface area contributed by atoms with E-state index in [2.05, 4.69) is 10.2 Å². The minimum Gasteiger partial charge on any atom is -0.351 e. The van der Waals surface area contributed by atoms with E-state index in [1.807, 2.05) is 31.2 Å². The van der Waals surface area contributed by atoms with E-state index in [1.165, 1.54) is 5.56 Å². The van der Waals surface area contributed by atoms with Gasteiger partial charge in [-0.1, -0.05) is 24.3 Å². The summed E-state index contributed by atoms with van der Waals surface area (Å²) < 4.78 is 0. The monoisotopic (exact) mass is 317 g/mol. The van der Waals surface area contributed by atoms with Crippen LogP contribution in [0.1, 0.15) is 24.0 Å². The minimum atomic E-state index is 0.0469. The molecule has 1 fully saturated rings. The minimum absolute atomic E-state index is 0.0469. The second-order valence-electron chi connectivity index (χ2n) is 6.49. The summed E-state index contributed by atoms with van der Waals surface area (Å²) in [7, 11) is 3.60. The molecule has 0 radical (unpaired) electrons. The third kappa shape index (κ3) is 5.06. The van der Waals surface area contributed by atoms with Crippen molar-refractivity contribution in [3.05, 3.63) is 35.4 Å². The Morgan fingerprint density at radius 3 is 2.48 bits per heavy atom. The van der Waals surface area contributed by atoms with E-state index in [0.717, 1.165) is 31.5 Å². The molecule has 5 nitrogen and oxygen atoms in total. The smallest absolute Gasteiger partial charge is 0.234 e. The molecule has 0 bridgehead atoms. The Kier molecular flexibility index (Phi) is 6.16. The summed E-state index contributed by atoms with van der Waals surface area (Å²) in [4.78, 5) is 27.8. The maximum absolute atomic E-state index is 12.1. The van der Waals surface area contributed by atoms with E-state index in [4.69, 9.17) is 0 Å². The number of benzene rings is 1. The van der Waals surface area contributed by atoms with Crippen molar-refractivity contribution in [3.8, 4) is 0 Å². The number of carbonyl (C=O) groups is 2. The second kappa shape index (κ2) is 8.11. The quantitative estimate of drug-likeness (QED) is 0.893. The number of aryl methyl sites for hydroxylation is 1. The topological polar surface area (TPSA) is 52.7 Å². The summed E-state index contributed by atoms with van der Waals surface area (Å²) in [6.45, 7) is 4.65. The van der Waals surface area contributed by atoms with Crippen molar-refractivity contribution in [3.63, 3.8) is 0 Å². The van der Waals surface area contributed by atoms with E-state index in [9.17, 15) is 9.59 Å². The molecule has 0 aromatic heterocycles. The van der Waals surface area contributed by atoms with E-state index >= 15 is 0 Å². The van der Waals surface area contributed by atoms with Crippen LogP contribution in [0.15, 0.2) is 24.3 Å². The first-order chi connectivity index (χ1) is 11.0. The average Bonchev–Trinajstić information content (AvgIpc) is 2.54. The lowest BCUT2D eigenvalue weighted by atomic mass is 9.95. The van der Waals surface area contributed by atoms with Crippen LogP contribution >= 0.6 is 0 Å². The van der Waals surface area contributed by atoms with Gasteiger partial charge in [0.15, 0.2) is 0 Å². The summed E-state index contributed by atoms with van der Waals surface area (Å²) in [5, 5.41) is 2.98. The lowest BCUT2D eigenvalue weighted by Gasteiger charge is -2.31. The summed E-state index contributed by atoms with van der Waals surface area (Å²) in [6.07, 6.45) is 1.67. The maximum Gasteiger partial charge on any atom is 0.234 e. The van der Waals surface area contributed by atoms with E-state index < -0.39 is 0 Å². The van der Waals surface area contributed by atoms with E-state index in [1.54, 1.807) is 19.0 Å². The predicted molar refractivity (Wildman–Crippen MR) is 90.9 cm³/mol. The first-order valence-electron chi connectivity index (χ1n) is 8.22. The Morgan fingerprint density at radius 1 is 1.22 bits per heavy atom. The molecule has 0 unspecified atom stereocenters. The van der Waals surface area contributed by atoms with Crippen molar-refractivity contribution < 1.29 is 9.59 Å². The number of nitrogens with zero attached hydrogens (tertiary/aromatic N) is 2. The zero-order valence-corrected chi connectivity index (χ0v) is 14.3. The van der Waals surface area contributed by atoms with Crippen LogP contribution in [0.2, 0.25) is 0 Å². The van der Waals surface area contributed by atoms with Gasteiger partial charge in [0.05, 0.1) is 6.54 Å². The van der Waals surface area contributed by atoms with Gasteiger partial charge in [-0.2, -0.15) is 0 Å². The van der Waals surface area contributed by atoms with Crippen LogP contribution in [-0.2, 0) is 16.1 Å². The Labute approximate surface area is 138 Å². The largest absolute Gasteiger partial charge is 0.351 e. The molecule has 0 aliphatic carbocycles. The Bertz CT molecular complexity index is 549. The van der Waals surface area contributed by atoms with Gasteiger partial charge in [-0.3, -0.25) is 14.5 Å². The molecule has 0 saturated carbocycles. The maximum atomic E-state index is 12.1. The molecule has 1 aliphatic heterocycles. The standard InChI is InChI=1S/C18H27N3O2/c1-14-6-4-5-7-16(14)12-19-17(22)13-21-10-8-15(9-11-21)18(23)20(2)3/h4-7,15H,8-13H2,1-3H3,(H,19,22). The van der Waals surface area contributed by atoms with Crippen LogP contribution in [0.5, 0.6) is 0 Å². The molecule has 2 amide bonds. The van der Waals surface area contributed by atoms with Gasteiger partial charge in [0, 0.05) is 26.6 Å². The highest BCUT2D eigenvalue weighted by atomic mass is 16.2. The molecule has 1 heterocycles. The van der Waals surface area contributed by atoms with Crippen LogP contribution in [0, 0.1) is 12.8 Å². The summed E-state index contributed by atoms with van der Waals surface area (Å²) in [5.74, 6) is 0.357. The van der Waals surface area contributed by atoms with Gasteiger partial charge < -0.3 is 10.2 Å². The van der Waals surface area contributed by atoms with E-state index in [0.29, 0.717) is 13.1 Å². The predicted octanol–water partition coefficient (Wildman–Crippen LogP) is 1.41. The first-order valence-corrected chi connectivity index (χ1v) is 8.22.